The maximum absolute atomic E-state index is 12.0. The lowest BCUT2D eigenvalue weighted by molar-refractivity contribution is -0.274. The lowest BCUT2D eigenvalue weighted by Gasteiger charge is -2.08. The predicted molar refractivity (Wildman–Crippen MR) is 60.2 cm³/mol. The fourth-order valence-electron chi connectivity index (χ4n) is 1.34. The molecule has 0 aliphatic rings. The SMILES string of the molecule is OCc1nc(-c2ccc(OC(F)(F)F)cc2)cs1. The molecule has 1 N–H and O–H groups in total. The van der Waals surface area contributed by atoms with Crippen molar-refractivity contribution in [2.45, 2.75) is 13.0 Å². The van der Waals surface area contributed by atoms with Gasteiger partial charge in [-0.3, -0.25) is 0 Å². The Kier molecular flexibility index (Phi) is 3.53. The Morgan fingerprint density at radius 3 is 2.39 bits per heavy atom. The van der Waals surface area contributed by atoms with Gasteiger partial charge in [-0.2, -0.15) is 0 Å². The highest BCUT2D eigenvalue weighted by Gasteiger charge is 2.30. The van der Waals surface area contributed by atoms with Crippen LogP contribution in [0.1, 0.15) is 5.01 Å². The molecule has 0 spiro atoms. The summed E-state index contributed by atoms with van der Waals surface area (Å²) >= 11 is 1.29. The van der Waals surface area contributed by atoms with Crippen LogP contribution in [0.4, 0.5) is 13.2 Å². The topological polar surface area (TPSA) is 42.4 Å². The summed E-state index contributed by atoms with van der Waals surface area (Å²) in [4.78, 5) is 4.11. The van der Waals surface area contributed by atoms with Gasteiger partial charge in [0, 0.05) is 10.9 Å². The van der Waals surface area contributed by atoms with Crippen molar-refractivity contribution in [3.63, 3.8) is 0 Å². The second-order valence-corrected chi connectivity index (χ2v) is 4.30. The van der Waals surface area contributed by atoms with Crippen molar-refractivity contribution in [1.29, 1.82) is 0 Å². The summed E-state index contributed by atoms with van der Waals surface area (Å²) in [5.41, 5.74) is 1.28. The molecule has 3 nitrogen and oxygen atoms in total. The van der Waals surface area contributed by atoms with Crippen molar-refractivity contribution < 1.29 is 23.0 Å². The van der Waals surface area contributed by atoms with Crippen LogP contribution >= 0.6 is 11.3 Å². The predicted octanol–water partition coefficient (Wildman–Crippen LogP) is 3.20. The number of alkyl halides is 3. The normalized spacial score (nSPS) is 11.6. The molecule has 18 heavy (non-hydrogen) atoms. The first-order chi connectivity index (χ1) is 8.48. The van der Waals surface area contributed by atoms with Crippen LogP contribution in [0.3, 0.4) is 0 Å². The Bertz CT molecular complexity index is 522. The van der Waals surface area contributed by atoms with Gasteiger partial charge in [-0.25, -0.2) is 4.98 Å². The average molecular weight is 275 g/mol. The van der Waals surface area contributed by atoms with E-state index in [2.05, 4.69) is 9.72 Å². The fraction of sp³-hybridized carbons (Fsp3) is 0.182. The smallest absolute Gasteiger partial charge is 0.406 e. The number of nitrogens with zero attached hydrogens (tertiary/aromatic N) is 1. The summed E-state index contributed by atoms with van der Waals surface area (Å²) in [6, 6.07) is 5.41. The van der Waals surface area contributed by atoms with Crippen molar-refractivity contribution in [1.82, 2.24) is 4.98 Å². The van der Waals surface area contributed by atoms with Gasteiger partial charge in [0.1, 0.15) is 10.8 Å². The molecule has 1 aromatic carbocycles. The number of aliphatic hydroxyl groups excluding tert-OH is 1. The summed E-state index contributed by atoms with van der Waals surface area (Å²) < 4.78 is 39.6. The van der Waals surface area contributed by atoms with Crippen LogP contribution in [0.25, 0.3) is 11.3 Å². The van der Waals surface area contributed by atoms with E-state index in [0.29, 0.717) is 16.3 Å². The van der Waals surface area contributed by atoms with E-state index in [1.54, 1.807) is 5.38 Å². The van der Waals surface area contributed by atoms with E-state index < -0.39 is 6.36 Å². The largest absolute Gasteiger partial charge is 0.573 e. The Labute approximate surface area is 104 Å². The maximum Gasteiger partial charge on any atom is 0.573 e. The molecule has 2 rings (SSSR count). The molecule has 0 amide bonds. The molecular weight excluding hydrogens is 267 g/mol. The van der Waals surface area contributed by atoms with E-state index in [-0.39, 0.29) is 12.4 Å². The van der Waals surface area contributed by atoms with Crippen LogP contribution in [-0.4, -0.2) is 16.5 Å². The first-order valence-electron chi connectivity index (χ1n) is 4.89. The zero-order valence-electron chi connectivity index (χ0n) is 8.94. The molecule has 7 heteroatoms. The third-order valence-electron chi connectivity index (χ3n) is 2.07. The van der Waals surface area contributed by atoms with Crippen molar-refractivity contribution in [3.8, 4) is 17.0 Å². The van der Waals surface area contributed by atoms with Crippen molar-refractivity contribution >= 4 is 11.3 Å². The van der Waals surface area contributed by atoms with Crippen LogP contribution in [0, 0.1) is 0 Å². The number of hydrogen-bond donors (Lipinski definition) is 1. The van der Waals surface area contributed by atoms with Gasteiger partial charge in [0.2, 0.25) is 0 Å². The summed E-state index contributed by atoms with van der Waals surface area (Å²) in [6.07, 6.45) is -4.69. The molecule has 0 atom stereocenters. The number of thiazole rings is 1. The Hall–Kier alpha value is -1.60. The molecule has 2 aromatic rings. The molecule has 0 aliphatic heterocycles. The minimum atomic E-state index is -4.69. The molecule has 0 unspecified atom stereocenters. The van der Waals surface area contributed by atoms with E-state index in [1.807, 2.05) is 0 Å². The average Bonchev–Trinajstić information content (AvgIpc) is 2.76. The highest BCUT2D eigenvalue weighted by Crippen LogP contribution is 2.27. The van der Waals surface area contributed by atoms with Crippen molar-refractivity contribution in [2.75, 3.05) is 0 Å². The molecule has 96 valence electrons. The van der Waals surface area contributed by atoms with Gasteiger partial charge in [-0.1, -0.05) is 0 Å². The highest BCUT2D eigenvalue weighted by atomic mass is 32.1. The highest BCUT2D eigenvalue weighted by molar-refractivity contribution is 7.09. The second-order valence-electron chi connectivity index (χ2n) is 3.36. The number of aromatic nitrogens is 1. The third kappa shape index (κ3) is 3.21. The van der Waals surface area contributed by atoms with Gasteiger partial charge in [0.25, 0.3) is 0 Å². The molecule has 0 saturated heterocycles. The lowest BCUT2D eigenvalue weighted by Crippen LogP contribution is -2.16. The van der Waals surface area contributed by atoms with Crippen LogP contribution in [0.2, 0.25) is 0 Å². The monoisotopic (exact) mass is 275 g/mol. The third-order valence-corrected chi connectivity index (χ3v) is 2.90. The van der Waals surface area contributed by atoms with Gasteiger partial charge >= 0.3 is 6.36 Å². The van der Waals surface area contributed by atoms with Gasteiger partial charge in [0.15, 0.2) is 0 Å². The van der Waals surface area contributed by atoms with E-state index >= 15 is 0 Å². The van der Waals surface area contributed by atoms with Crippen LogP contribution in [0.15, 0.2) is 29.6 Å². The Balaban J connectivity index is 2.17. The first kappa shape index (κ1) is 12.8. The number of ether oxygens (including phenoxy) is 1. The minimum absolute atomic E-state index is 0.153. The van der Waals surface area contributed by atoms with Gasteiger partial charge in [0.05, 0.1) is 12.3 Å². The standard InChI is InChI=1S/C11H8F3NO2S/c12-11(13,14)17-8-3-1-7(2-4-8)9-6-18-10(5-16)15-9/h1-4,6,16H,5H2. The molecule has 0 saturated carbocycles. The van der Waals surface area contributed by atoms with E-state index in [4.69, 9.17) is 5.11 Å². The maximum atomic E-state index is 12.0. The summed E-state index contributed by atoms with van der Waals surface area (Å²) in [6.45, 7) is -0.153. The van der Waals surface area contributed by atoms with Gasteiger partial charge < -0.3 is 9.84 Å². The van der Waals surface area contributed by atoms with E-state index in [1.165, 1.54) is 35.6 Å². The van der Waals surface area contributed by atoms with E-state index in [9.17, 15) is 13.2 Å². The second kappa shape index (κ2) is 4.95. The molecular formula is C11H8F3NO2S. The molecule has 0 bridgehead atoms. The Morgan fingerprint density at radius 2 is 1.89 bits per heavy atom. The Morgan fingerprint density at radius 1 is 1.22 bits per heavy atom. The van der Waals surface area contributed by atoms with Gasteiger partial charge in [-0.15, -0.1) is 24.5 Å². The molecule has 0 fully saturated rings. The number of halogens is 3. The van der Waals surface area contributed by atoms with Crippen LogP contribution in [-0.2, 0) is 6.61 Å². The summed E-state index contributed by atoms with van der Waals surface area (Å²) in [5.74, 6) is -0.274. The number of hydrogen-bond acceptors (Lipinski definition) is 4. The fourth-order valence-corrected chi connectivity index (χ4v) is 2.01. The lowest BCUT2D eigenvalue weighted by atomic mass is 10.2. The van der Waals surface area contributed by atoms with Crippen molar-refractivity contribution in [3.05, 3.63) is 34.7 Å². The molecule has 1 heterocycles. The van der Waals surface area contributed by atoms with Crippen LogP contribution in [0.5, 0.6) is 5.75 Å². The number of rotatable bonds is 3. The first-order valence-corrected chi connectivity index (χ1v) is 5.77. The van der Waals surface area contributed by atoms with E-state index in [0.717, 1.165) is 0 Å². The minimum Gasteiger partial charge on any atom is -0.406 e. The molecule has 0 radical (unpaired) electrons. The number of aliphatic hydroxyl groups is 1. The van der Waals surface area contributed by atoms with Gasteiger partial charge in [-0.05, 0) is 24.3 Å². The zero-order chi connectivity index (χ0) is 13.2. The zero-order valence-corrected chi connectivity index (χ0v) is 9.76. The quantitative estimate of drug-likeness (QED) is 0.935. The molecule has 1 aromatic heterocycles. The van der Waals surface area contributed by atoms with Crippen LogP contribution < -0.4 is 4.74 Å². The number of benzene rings is 1. The molecule has 0 aliphatic carbocycles. The van der Waals surface area contributed by atoms with Crippen molar-refractivity contribution in [2.24, 2.45) is 0 Å². The summed E-state index contributed by atoms with van der Waals surface area (Å²) in [5, 5.41) is 11.2. The summed E-state index contributed by atoms with van der Waals surface area (Å²) in [7, 11) is 0.